The molecule has 3 unspecified atom stereocenters. The molecule has 16 heavy (non-hydrogen) atoms. The molecule has 0 aromatic carbocycles. The molecular weight excluding hydrogens is 208 g/mol. The van der Waals surface area contributed by atoms with Crippen molar-refractivity contribution in [1.29, 1.82) is 0 Å². The van der Waals surface area contributed by atoms with Crippen molar-refractivity contribution in [2.45, 2.75) is 52.2 Å². The number of carbonyl (C=O) groups is 2. The van der Waals surface area contributed by atoms with Crippen molar-refractivity contribution in [3.8, 4) is 0 Å². The van der Waals surface area contributed by atoms with E-state index in [0.717, 1.165) is 12.8 Å². The van der Waals surface area contributed by atoms with Crippen LogP contribution in [0.25, 0.3) is 0 Å². The van der Waals surface area contributed by atoms with Gasteiger partial charge >= 0.3 is 11.9 Å². The van der Waals surface area contributed by atoms with Gasteiger partial charge in [0.15, 0.2) is 0 Å². The first-order valence-electron chi connectivity index (χ1n) is 5.74. The van der Waals surface area contributed by atoms with Crippen LogP contribution in [0.2, 0.25) is 0 Å². The third-order valence-electron chi connectivity index (χ3n) is 3.41. The lowest BCUT2D eigenvalue weighted by molar-refractivity contribution is -0.168. The number of hydrogen-bond donors (Lipinski definition) is 0. The summed E-state index contributed by atoms with van der Waals surface area (Å²) in [6.45, 7) is 5.68. The van der Waals surface area contributed by atoms with Gasteiger partial charge in [0, 0.05) is 12.8 Å². The fourth-order valence-electron chi connectivity index (χ4n) is 2.97. The van der Waals surface area contributed by atoms with Crippen molar-refractivity contribution >= 4 is 11.9 Å². The summed E-state index contributed by atoms with van der Waals surface area (Å²) in [7, 11) is 0. The molecule has 0 radical (unpaired) electrons. The van der Waals surface area contributed by atoms with Crippen LogP contribution >= 0.6 is 0 Å². The predicted molar refractivity (Wildman–Crippen MR) is 56.6 cm³/mol. The van der Waals surface area contributed by atoms with Crippen molar-refractivity contribution in [1.82, 2.24) is 0 Å². The van der Waals surface area contributed by atoms with Gasteiger partial charge in [0.05, 0.1) is 6.42 Å². The maximum Gasteiger partial charge on any atom is 0.306 e. The average molecular weight is 226 g/mol. The van der Waals surface area contributed by atoms with Crippen LogP contribution in [0, 0.1) is 11.3 Å². The Morgan fingerprint density at radius 3 is 2.75 bits per heavy atom. The molecule has 0 amide bonds. The van der Waals surface area contributed by atoms with Crippen LogP contribution in [0.3, 0.4) is 0 Å². The lowest BCUT2D eigenvalue weighted by Gasteiger charge is -2.40. The fraction of sp³-hybridized carbons (Fsp3) is 0.833. The minimum absolute atomic E-state index is 0.106. The molecule has 0 N–H and O–H groups in total. The normalized spacial score (nSPS) is 36.4. The largest absolute Gasteiger partial charge is 0.459 e. The van der Waals surface area contributed by atoms with Gasteiger partial charge in [-0.3, -0.25) is 9.59 Å². The van der Waals surface area contributed by atoms with E-state index in [4.69, 9.17) is 9.47 Å². The zero-order chi connectivity index (χ0) is 11.9. The third kappa shape index (κ3) is 2.20. The molecule has 1 saturated heterocycles. The number of hydrogen-bond acceptors (Lipinski definition) is 4. The van der Waals surface area contributed by atoms with Crippen molar-refractivity contribution < 1.29 is 19.1 Å². The summed E-state index contributed by atoms with van der Waals surface area (Å²) in [4.78, 5) is 22.3. The molecule has 2 fully saturated rings. The van der Waals surface area contributed by atoms with Crippen molar-refractivity contribution in [3.05, 3.63) is 0 Å². The number of esters is 2. The van der Waals surface area contributed by atoms with E-state index < -0.39 is 0 Å². The maximum atomic E-state index is 11.3. The van der Waals surface area contributed by atoms with Gasteiger partial charge in [0.1, 0.15) is 12.2 Å². The van der Waals surface area contributed by atoms with Crippen molar-refractivity contribution in [2.75, 3.05) is 0 Å². The Hall–Kier alpha value is -1.06. The summed E-state index contributed by atoms with van der Waals surface area (Å²) in [5.74, 6) is -0.255. The van der Waals surface area contributed by atoms with Gasteiger partial charge in [-0.25, -0.2) is 0 Å². The van der Waals surface area contributed by atoms with Gasteiger partial charge in [-0.1, -0.05) is 13.8 Å². The molecule has 2 aliphatic rings. The van der Waals surface area contributed by atoms with Gasteiger partial charge < -0.3 is 9.47 Å². The Kier molecular flexibility index (Phi) is 2.68. The van der Waals surface area contributed by atoms with E-state index in [2.05, 4.69) is 13.8 Å². The molecule has 1 saturated carbocycles. The Morgan fingerprint density at radius 2 is 2.12 bits per heavy atom. The third-order valence-corrected chi connectivity index (χ3v) is 3.41. The van der Waals surface area contributed by atoms with E-state index in [9.17, 15) is 9.59 Å². The lowest BCUT2D eigenvalue weighted by Crippen LogP contribution is -2.44. The molecule has 0 bridgehead atoms. The zero-order valence-electron chi connectivity index (χ0n) is 9.99. The Bertz CT molecular complexity index is 321. The minimum Gasteiger partial charge on any atom is -0.459 e. The minimum atomic E-state index is -0.301. The molecule has 2 rings (SSSR count). The molecule has 0 aromatic rings. The molecule has 0 aromatic heterocycles. The molecule has 0 spiro atoms. The summed E-state index contributed by atoms with van der Waals surface area (Å²) in [5.41, 5.74) is 0.106. The molecular formula is C12H18O4. The second-order valence-electron chi connectivity index (χ2n) is 5.64. The number of rotatable bonds is 1. The summed E-state index contributed by atoms with van der Waals surface area (Å²) in [6.07, 6.45) is 1.70. The highest BCUT2D eigenvalue weighted by Gasteiger charge is 2.49. The lowest BCUT2D eigenvalue weighted by atomic mass is 9.69. The van der Waals surface area contributed by atoms with E-state index in [-0.39, 0.29) is 35.5 Å². The van der Waals surface area contributed by atoms with E-state index in [1.54, 1.807) is 0 Å². The second kappa shape index (κ2) is 3.75. The van der Waals surface area contributed by atoms with Crippen LogP contribution in [0.1, 0.15) is 40.0 Å². The van der Waals surface area contributed by atoms with Crippen LogP contribution in [0.5, 0.6) is 0 Å². The highest BCUT2D eigenvalue weighted by molar-refractivity contribution is 5.72. The monoisotopic (exact) mass is 226 g/mol. The van der Waals surface area contributed by atoms with Gasteiger partial charge in [0.25, 0.3) is 0 Å². The zero-order valence-corrected chi connectivity index (χ0v) is 9.99. The Labute approximate surface area is 95.3 Å². The molecule has 1 heterocycles. The summed E-state index contributed by atoms with van der Waals surface area (Å²) in [5, 5.41) is 0. The summed E-state index contributed by atoms with van der Waals surface area (Å²) >= 11 is 0. The summed E-state index contributed by atoms with van der Waals surface area (Å²) in [6, 6.07) is 0. The highest BCUT2D eigenvalue weighted by atomic mass is 16.6. The molecule has 4 nitrogen and oxygen atoms in total. The van der Waals surface area contributed by atoms with Gasteiger partial charge in [-0.15, -0.1) is 0 Å². The topological polar surface area (TPSA) is 52.6 Å². The molecule has 90 valence electrons. The smallest absolute Gasteiger partial charge is 0.306 e. The number of ether oxygens (including phenoxy) is 2. The molecule has 1 aliphatic carbocycles. The average Bonchev–Trinajstić information content (AvgIpc) is 2.42. The first-order valence-corrected chi connectivity index (χ1v) is 5.74. The maximum absolute atomic E-state index is 11.3. The predicted octanol–water partition coefficient (Wildman–Crippen LogP) is 1.67. The molecule has 4 heteroatoms. The standard InChI is InChI=1S/C12H18O4/c1-7(13)15-9-6-12(2,3)5-8-4-10(14)16-11(8)9/h8-9,11H,4-6H2,1-3H3. The van der Waals surface area contributed by atoms with Crippen LogP contribution < -0.4 is 0 Å². The van der Waals surface area contributed by atoms with Gasteiger partial charge in [-0.2, -0.15) is 0 Å². The van der Waals surface area contributed by atoms with E-state index >= 15 is 0 Å². The summed E-state index contributed by atoms with van der Waals surface area (Å²) < 4.78 is 10.5. The van der Waals surface area contributed by atoms with Crippen LogP contribution in [0.4, 0.5) is 0 Å². The van der Waals surface area contributed by atoms with Crippen LogP contribution in [-0.4, -0.2) is 24.1 Å². The number of fused-ring (bicyclic) bond motifs is 1. The van der Waals surface area contributed by atoms with Gasteiger partial charge in [-0.05, 0) is 18.3 Å². The highest BCUT2D eigenvalue weighted by Crippen LogP contribution is 2.45. The van der Waals surface area contributed by atoms with E-state index in [0.29, 0.717) is 6.42 Å². The van der Waals surface area contributed by atoms with Crippen molar-refractivity contribution in [3.63, 3.8) is 0 Å². The van der Waals surface area contributed by atoms with E-state index in [1.807, 2.05) is 0 Å². The Morgan fingerprint density at radius 1 is 1.44 bits per heavy atom. The molecule has 3 atom stereocenters. The second-order valence-corrected chi connectivity index (χ2v) is 5.64. The SMILES string of the molecule is CC(=O)OC1CC(C)(C)CC2CC(=O)OC21. The quantitative estimate of drug-likeness (QED) is 0.638. The van der Waals surface area contributed by atoms with E-state index in [1.165, 1.54) is 6.92 Å². The van der Waals surface area contributed by atoms with Crippen LogP contribution in [0.15, 0.2) is 0 Å². The molecule has 1 aliphatic heterocycles. The number of carbonyl (C=O) groups excluding carboxylic acids is 2. The Balaban J connectivity index is 2.15. The fourth-order valence-corrected chi connectivity index (χ4v) is 2.97. The van der Waals surface area contributed by atoms with Gasteiger partial charge in [0.2, 0.25) is 0 Å². The first-order chi connectivity index (χ1) is 7.37. The van der Waals surface area contributed by atoms with Crippen LogP contribution in [-0.2, 0) is 19.1 Å². The van der Waals surface area contributed by atoms with Crippen molar-refractivity contribution in [2.24, 2.45) is 11.3 Å². The first kappa shape index (κ1) is 11.4.